The first-order valence-corrected chi connectivity index (χ1v) is 11.5. The molecule has 0 unspecified atom stereocenters. The highest BCUT2D eigenvalue weighted by atomic mass is 19.1. The Labute approximate surface area is 207 Å². The lowest BCUT2D eigenvalue weighted by Gasteiger charge is -2.46. The number of tetrazole rings is 1. The number of ether oxygens (including phenoxy) is 1. The number of hydrogen-bond acceptors (Lipinski definition) is 6. The molecule has 2 saturated heterocycles. The maximum absolute atomic E-state index is 13.9. The molecule has 11 heteroatoms. The fourth-order valence-electron chi connectivity index (χ4n) is 4.87. The molecular weight excluding hydrogens is 463 g/mol. The van der Waals surface area contributed by atoms with Gasteiger partial charge in [0, 0.05) is 32.6 Å². The Balaban J connectivity index is 1.23. The lowest BCUT2D eigenvalue weighted by atomic mass is 9.98. The van der Waals surface area contributed by atoms with Crippen LogP contribution in [0.5, 0.6) is 0 Å². The molecule has 0 bridgehead atoms. The molecular formula is C25H23FN8O2. The van der Waals surface area contributed by atoms with Crippen LogP contribution in [-0.4, -0.2) is 74.7 Å². The molecule has 2 aliphatic heterocycles. The van der Waals surface area contributed by atoms with E-state index >= 15 is 0 Å². The Morgan fingerprint density at radius 2 is 2.06 bits per heavy atom. The predicted octanol–water partition coefficient (Wildman–Crippen LogP) is 3.04. The van der Waals surface area contributed by atoms with Gasteiger partial charge in [0.15, 0.2) is 5.69 Å². The van der Waals surface area contributed by atoms with Crippen molar-refractivity contribution in [2.45, 2.75) is 25.5 Å². The Hall–Kier alpha value is -4.19. The number of halogens is 1. The lowest BCUT2D eigenvalue weighted by molar-refractivity contribution is -0.139. The Kier molecular flexibility index (Phi) is 6.42. The second-order valence-corrected chi connectivity index (χ2v) is 8.89. The minimum absolute atomic E-state index is 0.0343. The number of carbonyl (C=O) groups excluding carboxylic acids is 1. The normalized spacial score (nSPS) is 19.8. The van der Waals surface area contributed by atoms with Gasteiger partial charge in [0.05, 0.1) is 37.6 Å². The summed E-state index contributed by atoms with van der Waals surface area (Å²) in [5, 5.41) is 11.1. The zero-order valence-electron chi connectivity index (χ0n) is 19.6. The van der Waals surface area contributed by atoms with E-state index in [1.54, 1.807) is 31.2 Å². The molecule has 1 amide bonds. The summed E-state index contributed by atoms with van der Waals surface area (Å²) in [5.74, 6) is -0.550. The zero-order chi connectivity index (χ0) is 25.2. The molecule has 1 aromatic heterocycles. The maximum Gasteiger partial charge on any atom is 0.225 e. The summed E-state index contributed by atoms with van der Waals surface area (Å²) in [6.07, 6.45) is 1.34. The number of fused-ring (bicyclic) bond motifs is 1. The highest BCUT2D eigenvalue weighted by molar-refractivity contribution is 5.81. The van der Waals surface area contributed by atoms with Gasteiger partial charge in [-0.05, 0) is 52.2 Å². The van der Waals surface area contributed by atoms with Crippen LogP contribution in [-0.2, 0) is 16.0 Å². The third-order valence-corrected chi connectivity index (χ3v) is 6.87. The second kappa shape index (κ2) is 9.82. The molecule has 2 fully saturated rings. The van der Waals surface area contributed by atoms with E-state index in [9.17, 15) is 9.18 Å². The monoisotopic (exact) mass is 486 g/mol. The molecule has 0 saturated carbocycles. The molecule has 0 aliphatic carbocycles. The number of amides is 1. The van der Waals surface area contributed by atoms with Crippen molar-refractivity contribution in [3.63, 3.8) is 0 Å². The fraction of sp³-hybridized carbons (Fsp3) is 0.360. The van der Waals surface area contributed by atoms with Crippen molar-refractivity contribution in [2.75, 3.05) is 32.8 Å². The number of aromatic nitrogens is 4. The van der Waals surface area contributed by atoms with E-state index in [1.165, 1.54) is 17.1 Å². The van der Waals surface area contributed by atoms with E-state index in [2.05, 4.69) is 30.1 Å². The summed E-state index contributed by atoms with van der Waals surface area (Å²) in [7, 11) is 0. The van der Waals surface area contributed by atoms with Crippen molar-refractivity contribution in [3.8, 4) is 5.69 Å². The fourth-order valence-corrected chi connectivity index (χ4v) is 4.87. The highest BCUT2D eigenvalue weighted by Crippen LogP contribution is 2.34. The summed E-state index contributed by atoms with van der Waals surface area (Å²) in [4.78, 5) is 24.2. The average molecular weight is 487 g/mol. The Morgan fingerprint density at radius 1 is 1.19 bits per heavy atom. The molecule has 2 aliphatic rings. The number of rotatable bonds is 4. The molecule has 0 N–H and O–H groups in total. The van der Waals surface area contributed by atoms with Gasteiger partial charge in [0.2, 0.25) is 11.6 Å². The first-order valence-electron chi connectivity index (χ1n) is 11.5. The van der Waals surface area contributed by atoms with E-state index < -0.39 is 5.82 Å². The number of carbonyl (C=O) groups is 1. The van der Waals surface area contributed by atoms with Crippen molar-refractivity contribution < 1.29 is 13.9 Å². The first kappa shape index (κ1) is 23.5. The minimum Gasteiger partial charge on any atom is -0.371 e. The standard InChI is InChI=1S/C25H23FN8O2/c1-16-20(6-7-21(26)25(16)28-3)23-13-32-8-9-33(12-19(32)14-36-23)24(35)10-17-4-5-18(11-22(17)27-2)34-15-29-30-31-34/h4-7,11,15,19,23H,8-10,12-14H2,1H3/t19-,23-/m0/s1. The number of nitrogens with zero attached hydrogens (tertiary/aromatic N) is 8. The summed E-state index contributed by atoms with van der Waals surface area (Å²) >= 11 is 0. The van der Waals surface area contributed by atoms with Crippen LogP contribution in [0.1, 0.15) is 22.8 Å². The minimum atomic E-state index is -0.515. The third-order valence-electron chi connectivity index (χ3n) is 6.87. The first-order chi connectivity index (χ1) is 17.5. The molecule has 36 heavy (non-hydrogen) atoms. The third kappa shape index (κ3) is 4.42. The smallest absolute Gasteiger partial charge is 0.225 e. The van der Waals surface area contributed by atoms with Crippen LogP contribution >= 0.6 is 0 Å². The predicted molar refractivity (Wildman–Crippen MR) is 127 cm³/mol. The molecule has 182 valence electrons. The van der Waals surface area contributed by atoms with Gasteiger partial charge in [-0.15, -0.1) is 5.10 Å². The van der Waals surface area contributed by atoms with Crippen molar-refractivity contribution in [1.82, 2.24) is 30.0 Å². The number of hydrogen-bond donors (Lipinski definition) is 0. The van der Waals surface area contributed by atoms with E-state index in [0.717, 1.165) is 5.56 Å². The van der Waals surface area contributed by atoms with Crippen LogP contribution in [0.2, 0.25) is 0 Å². The van der Waals surface area contributed by atoms with Crippen LogP contribution in [0.15, 0.2) is 36.7 Å². The van der Waals surface area contributed by atoms with E-state index in [-0.39, 0.29) is 30.2 Å². The molecule has 2 aromatic carbocycles. The SMILES string of the molecule is [C-]#[N+]c1cc(-n2cnnn2)ccc1CC(=O)N1CCN2C[C@@H](c3ccc(F)c([N+]#[C-])c3C)OC[C@@H]2C1. The van der Waals surface area contributed by atoms with Gasteiger partial charge in [-0.3, -0.25) is 9.69 Å². The van der Waals surface area contributed by atoms with Crippen molar-refractivity contribution in [3.05, 3.63) is 82.0 Å². The number of morpholine rings is 1. The number of piperazine rings is 1. The van der Waals surface area contributed by atoms with Gasteiger partial charge in [-0.2, -0.15) is 0 Å². The van der Waals surface area contributed by atoms with Gasteiger partial charge in [0.25, 0.3) is 0 Å². The highest BCUT2D eigenvalue weighted by Gasteiger charge is 2.36. The summed E-state index contributed by atoms with van der Waals surface area (Å²) < 4.78 is 21.5. The molecule has 10 nitrogen and oxygen atoms in total. The van der Waals surface area contributed by atoms with Crippen LogP contribution in [0.25, 0.3) is 15.4 Å². The summed E-state index contributed by atoms with van der Waals surface area (Å²) in [6, 6.07) is 8.32. The number of benzene rings is 2. The van der Waals surface area contributed by atoms with Gasteiger partial charge < -0.3 is 9.64 Å². The van der Waals surface area contributed by atoms with E-state index in [1.807, 2.05) is 4.90 Å². The van der Waals surface area contributed by atoms with Gasteiger partial charge in [-0.1, -0.05) is 12.1 Å². The van der Waals surface area contributed by atoms with Crippen LogP contribution < -0.4 is 0 Å². The van der Waals surface area contributed by atoms with Crippen molar-refractivity contribution >= 4 is 17.3 Å². The molecule has 3 aromatic rings. The Bertz CT molecular complexity index is 1380. The molecule has 3 heterocycles. The Morgan fingerprint density at radius 3 is 2.81 bits per heavy atom. The van der Waals surface area contributed by atoms with Crippen LogP contribution in [0.3, 0.4) is 0 Å². The molecule has 0 radical (unpaired) electrons. The average Bonchev–Trinajstić information content (AvgIpc) is 3.44. The van der Waals surface area contributed by atoms with Crippen molar-refractivity contribution in [2.24, 2.45) is 0 Å². The van der Waals surface area contributed by atoms with E-state index in [0.29, 0.717) is 55.3 Å². The summed E-state index contributed by atoms with van der Waals surface area (Å²) in [6.45, 7) is 19.4. The van der Waals surface area contributed by atoms with Crippen LogP contribution in [0, 0.1) is 25.9 Å². The molecule has 5 rings (SSSR count). The second-order valence-electron chi connectivity index (χ2n) is 8.89. The summed E-state index contributed by atoms with van der Waals surface area (Å²) in [5.41, 5.74) is 3.20. The largest absolute Gasteiger partial charge is 0.371 e. The van der Waals surface area contributed by atoms with Crippen LogP contribution in [0.4, 0.5) is 15.8 Å². The zero-order valence-corrected chi connectivity index (χ0v) is 19.6. The topological polar surface area (TPSA) is 85.1 Å². The lowest BCUT2D eigenvalue weighted by Crippen LogP contribution is -2.59. The molecule has 2 atom stereocenters. The molecule has 0 spiro atoms. The van der Waals surface area contributed by atoms with Gasteiger partial charge >= 0.3 is 0 Å². The van der Waals surface area contributed by atoms with E-state index in [4.69, 9.17) is 17.9 Å². The van der Waals surface area contributed by atoms with Gasteiger partial charge in [0.1, 0.15) is 12.1 Å². The van der Waals surface area contributed by atoms with Crippen molar-refractivity contribution in [1.29, 1.82) is 0 Å². The van der Waals surface area contributed by atoms with Gasteiger partial charge in [-0.25, -0.2) is 18.8 Å². The quantitative estimate of drug-likeness (QED) is 0.527. The maximum atomic E-state index is 13.9.